The monoisotopic (exact) mass is 356 g/mol. The Morgan fingerprint density at radius 3 is 2.54 bits per heavy atom. The molecule has 0 fully saturated rings. The molecule has 6 heteroatoms. The van der Waals surface area contributed by atoms with Crippen LogP contribution in [-0.2, 0) is 16.6 Å². The molecule has 0 spiro atoms. The van der Waals surface area contributed by atoms with E-state index >= 15 is 0 Å². The number of Topliss-reactive ketones (excluding diaryl/α,β-unsaturated/α-hetero) is 1. The fourth-order valence-electron chi connectivity index (χ4n) is 4.45. The second kappa shape index (κ2) is 5.20. The number of carbonyl (C=O) groups excluding carboxylic acids is 2. The third-order valence-corrected chi connectivity index (χ3v) is 5.99. The Kier molecular flexibility index (Phi) is 3.37. The number of aliphatic hydroxyl groups is 1. The maximum absolute atomic E-state index is 12.8. The van der Waals surface area contributed by atoms with E-state index in [0.29, 0.717) is 16.7 Å². The van der Waals surface area contributed by atoms with Gasteiger partial charge in [0.15, 0.2) is 23.1 Å². The number of phenols is 2. The number of phenolic OH excluding ortho intramolecular Hbond substituents is 2. The number of benzene rings is 1. The zero-order chi connectivity index (χ0) is 19.0. The van der Waals surface area contributed by atoms with Crippen LogP contribution in [0.3, 0.4) is 0 Å². The van der Waals surface area contributed by atoms with Crippen LogP contribution in [0.2, 0.25) is 0 Å². The number of aliphatic hydroxyl groups excluding tert-OH is 1. The molecule has 3 aliphatic rings. The van der Waals surface area contributed by atoms with E-state index in [1.165, 1.54) is 6.08 Å². The van der Waals surface area contributed by atoms with Gasteiger partial charge in [0.1, 0.15) is 11.9 Å². The van der Waals surface area contributed by atoms with Gasteiger partial charge in [0.2, 0.25) is 0 Å². The normalized spacial score (nSPS) is 26.9. The molecule has 1 aromatic carbocycles. The molecule has 0 radical (unpaired) electrons. The lowest BCUT2D eigenvalue weighted by molar-refractivity contribution is -0.116. The van der Waals surface area contributed by atoms with Crippen LogP contribution in [0, 0.1) is 0 Å². The molecule has 1 heterocycles. The largest absolute Gasteiger partial charge is 0.507 e. The smallest absolute Gasteiger partial charge is 0.190 e. The van der Waals surface area contributed by atoms with Crippen molar-refractivity contribution in [3.05, 3.63) is 39.5 Å². The SMILES string of the molecule is CC1=C(C)C2=CC(=O)c3c(O)c4c(c(O)c3C2(C)CC1=O)OC(CO)C4. The molecular formula is C20H20O6. The highest BCUT2D eigenvalue weighted by Gasteiger charge is 2.49. The summed E-state index contributed by atoms with van der Waals surface area (Å²) in [4.78, 5) is 25.3. The predicted molar refractivity (Wildman–Crippen MR) is 92.7 cm³/mol. The van der Waals surface area contributed by atoms with E-state index in [9.17, 15) is 24.9 Å². The van der Waals surface area contributed by atoms with Gasteiger partial charge in [0.05, 0.1) is 12.2 Å². The van der Waals surface area contributed by atoms with E-state index in [1.54, 1.807) is 20.8 Å². The van der Waals surface area contributed by atoms with Crippen molar-refractivity contribution < 1.29 is 29.6 Å². The maximum Gasteiger partial charge on any atom is 0.190 e. The van der Waals surface area contributed by atoms with Crippen LogP contribution in [0.5, 0.6) is 17.2 Å². The van der Waals surface area contributed by atoms with Crippen LogP contribution in [0.25, 0.3) is 0 Å². The number of fused-ring (bicyclic) bond motifs is 4. The summed E-state index contributed by atoms with van der Waals surface area (Å²) < 4.78 is 5.58. The van der Waals surface area contributed by atoms with Gasteiger partial charge < -0.3 is 20.1 Å². The number of ether oxygens (including phenoxy) is 1. The van der Waals surface area contributed by atoms with Crippen molar-refractivity contribution in [3.63, 3.8) is 0 Å². The molecule has 2 atom stereocenters. The second-order valence-electron chi connectivity index (χ2n) is 7.49. The Balaban J connectivity index is 2.04. The molecule has 136 valence electrons. The number of ketones is 2. The van der Waals surface area contributed by atoms with Crippen molar-refractivity contribution >= 4 is 11.6 Å². The first kappa shape index (κ1) is 16.8. The summed E-state index contributed by atoms with van der Waals surface area (Å²) in [5.41, 5.74) is 1.65. The molecule has 1 aliphatic heterocycles. The summed E-state index contributed by atoms with van der Waals surface area (Å²) in [6, 6.07) is 0. The number of rotatable bonds is 1. The highest BCUT2D eigenvalue weighted by molar-refractivity contribution is 6.13. The second-order valence-corrected chi connectivity index (χ2v) is 7.49. The minimum absolute atomic E-state index is 0.0230. The summed E-state index contributed by atoms with van der Waals surface area (Å²) >= 11 is 0. The minimum Gasteiger partial charge on any atom is -0.507 e. The molecule has 0 saturated carbocycles. The van der Waals surface area contributed by atoms with E-state index in [4.69, 9.17) is 4.74 Å². The average molecular weight is 356 g/mol. The van der Waals surface area contributed by atoms with E-state index in [-0.39, 0.29) is 53.6 Å². The number of allylic oxidation sites excluding steroid dienone is 4. The molecule has 2 unspecified atom stereocenters. The fraction of sp³-hybridized carbons (Fsp3) is 0.400. The molecule has 0 bridgehead atoms. The highest BCUT2D eigenvalue weighted by Crippen LogP contribution is 2.57. The van der Waals surface area contributed by atoms with Crippen molar-refractivity contribution in [3.8, 4) is 17.2 Å². The zero-order valence-electron chi connectivity index (χ0n) is 14.8. The van der Waals surface area contributed by atoms with E-state index < -0.39 is 17.3 Å². The lowest BCUT2D eigenvalue weighted by Gasteiger charge is -2.41. The molecule has 0 amide bonds. The Morgan fingerprint density at radius 2 is 1.88 bits per heavy atom. The number of carbonyl (C=O) groups is 2. The van der Waals surface area contributed by atoms with Gasteiger partial charge in [-0.25, -0.2) is 0 Å². The average Bonchev–Trinajstić information content (AvgIpc) is 3.04. The molecule has 1 aromatic rings. The Bertz CT molecular complexity index is 952. The Morgan fingerprint density at radius 1 is 1.19 bits per heavy atom. The summed E-state index contributed by atoms with van der Waals surface area (Å²) in [5.74, 6) is -0.841. The topological polar surface area (TPSA) is 104 Å². The van der Waals surface area contributed by atoms with E-state index in [1.807, 2.05) is 0 Å². The first-order valence-corrected chi connectivity index (χ1v) is 8.57. The van der Waals surface area contributed by atoms with Gasteiger partial charge in [0, 0.05) is 29.4 Å². The predicted octanol–water partition coefficient (Wildman–Crippen LogP) is 2.08. The van der Waals surface area contributed by atoms with Crippen LogP contribution >= 0.6 is 0 Å². The lowest BCUT2D eigenvalue weighted by Crippen LogP contribution is -2.38. The van der Waals surface area contributed by atoms with Gasteiger partial charge in [-0.3, -0.25) is 9.59 Å². The van der Waals surface area contributed by atoms with Gasteiger partial charge in [-0.05, 0) is 36.6 Å². The van der Waals surface area contributed by atoms with Crippen molar-refractivity contribution in [1.29, 1.82) is 0 Å². The molecule has 0 aromatic heterocycles. The van der Waals surface area contributed by atoms with E-state index in [0.717, 1.165) is 5.57 Å². The molecule has 3 N–H and O–H groups in total. The Hall–Kier alpha value is -2.60. The van der Waals surface area contributed by atoms with Crippen LogP contribution in [0.1, 0.15) is 48.7 Å². The summed E-state index contributed by atoms with van der Waals surface area (Å²) in [6.45, 7) is 5.04. The van der Waals surface area contributed by atoms with Gasteiger partial charge >= 0.3 is 0 Å². The summed E-state index contributed by atoms with van der Waals surface area (Å²) in [7, 11) is 0. The summed E-state index contributed by atoms with van der Waals surface area (Å²) in [5, 5.41) is 31.0. The number of hydrogen-bond donors (Lipinski definition) is 3. The van der Waals surface area contributed by atoms with Crippen molar-refractivity contribution in [2.24, 2.45) is 0 Å². The molecular weight excluding hydrogens is 336 g/mol. The zero-order valence-corrected chi connectivity index (χ0v) is 14.8. The van der Waals surface area contributed by atoms with Crippen molar-refractivity contribution in [2.75, 3.05) is 6.61 Å². The van der Waals surface area contributed by atoms with Gasteiger partial charge in [0.25, 0.3) is 0 Å². The lowest BCUT2D eigenvalue weighted by atomic mass is 9.61. The maximum atomic E-state index is 12.8. The van der Waals surface area contributed by atoms with Crippen LogP contribution in [0.4, 0.5) is 0 Å². The number of hydrogen-bond acceptors (Lipinski definition) is 6. The quantitative estimate of drug-likeness (QED) is 0.666. The first-order chi connectivity index (χ1) is 12.2. The summed E-state index contributed by atoms with van der Waals surface area (Å²) in [6.07, 6.45) is 1.17. The first-order valence-electron chi connectivity index (χ1n) is 8.57. The molecule has 4 rings (SSSR count). The third kappa shape index (κ3) is 1.90. The molecule has 0 saturated heterocycles. The molecule has 6 nitrogen and oxygen atoms in total. The molecule has 26 heavy (non-hydrogen) atoms. The van der Waals surface area contributed by atoms with Gasteiger partial charge in [-0.1, -0.05) is 6.92 Å². The third-order valence-electron chi connectivity index (χ3n) is 5.99. The fourth-order valence-corrected chi connectivity index (χ4v) is 4.45. The minimum atomic E-state index is -0.929. The van der Waals surface area contributed by atoms with Crippen molar-refractivity contribution in [2.45, 2.75) is 45.1 Å². The van der Waals surface area contributed by atoms with Crippen molar-refractivity contribution in [1.82, 2.24) is 0 Å². The number of aromatic hydroxyl groups is 2. The van der Waals surface area contributed by atoms with Crippen LogP contribution in [0.15, 0.2) is 22.8 Å². The standard InChI is InChI=1S/C20H20O6/c1-8-9(2)14(23)6-20(3)12(8)5-13(22)15-16(20)18(25)19-11(17(15)24)4-10(7-21)26-19/h5,10,21,24-25H,4,6-7H2,1-3H3. The van der Waals surface area contributed by atoms with Gasteiger partial charge in [-0.15, -0.1) is 0 Å². The van der Waals surface area contributed by atoms with Crippen LogP contribution < -0.4 is 4.74 Å². The van der Waals surface area contributed by atoms with Crippen LogP contribution in [-0.4, -0.2) is 39.6 Å². The van der Waals surface area contributed by atoms with Gasteiger partial charge in [-0.2, -0.15) is 0 Å². The molecule has 2 aliphatic carbocycles. The Labute approximate surface area is 150 Å². The van der Waals surface area contributed by atoms with E-state index in [2.05, 4.69) is 0 Å². The highest BCUT2D eigenvalue weighted by atomic mass is 16.5.